The van der Waals surface area contributed by atoms with Crippen molar-refractivity contribution in [2.45, 2.75) is 25.8 Å². The molecule has 0 bridgehead atoms. The van der Waals surface area contributed by atoms with Gasteiger partial charge < -0.3 is 15.5 Å². The van der Waals surface area contributed by atoms with Crippen LogP contribution in [0.1, 0.15) is 35.2 Å². The van der Waals surface area contributed by atoms with E-state index in [0.29, 0.717) is 12.1 Å². The van der Waals surface area contributed by atoms with Gasteiger partial charge in [-0.3, -0.25) is 4.79 Å². The smallest absolute Gasteiger partial charge is 0.253 e. The van der Waals surface area contributed by atoms with Crippen molar-refractivity contribution in [3.8, 4) is 0 Å². The first-order valence-corrected chi connectivity index (χ1v) is 9.32. The van der Waals surface area contributed by atoms with Gasteiger partial charge in [0.1, 0.15) is 11.6 Å². The molecule has 27 heavy (non-hydrogen) atoms. The SMILES string of the molecule is O=C(c1cccc(CNC(=S)Nc2ccc(F)cc2F)c1)N1CCCCC1. The second-order valence-electron chi connectivity index (χ2n) is 6.49. The average molecular weight is 389 g/mol. The summed E-state index contributed by atoms with van der Waals surface area (Å²) in [5.41, 5.74) is 1.64. The van der Waals surface area contributed by atoms with Crippen molar-refractivity contribution in [3.63, 3.8) is 0 Å². The largest absolute Gasteiger partial charge is 0.358 e. The Balaban J connectivity index is 1.57. The van der Waals surface area contributed by atoms with E-state index in [1.54, 1.807) is 0 Å². The predicted molar refractivity (Wildman–Crippen MR) is 106 cm³/mol. The van der Waals surface area contributed by atoms with E-state index in [2.05, 4.69) is 10.6 Å². The van der Waals surface area contributed by atoms with Crippen molar-refractivity contribution in [3.05, 3.63) is 65.2 Å². The highest BCUT2D eigenvalue weighted by Gasteiger charge is 2.18. The lowest BCUT2D eigenvalue weighted by molar-refractivity contribution is 0.0724. The van der Waals surface area contributed by atoms with Crippen LogP contribution in [0, 0.1) is 11.6 Å². The van der Waals surface area contributed by atoms with Crippen molar-refractivity contribution < 1.29 is 13.6 Å². The molecule has 0 aliphatic carbocycles. The third kappa shape index (κ3) is 5.23. The minimum absolute atomic E-state index is 0.0469. The second kappa shape index (κ2) is 8.90. The molecule has 1 heterocycles. The summed E-state index contributed by atoms with van der Waals surface area (Å²) in [6.45, 7) is 1.99. The van der Waals surface area contributed by atoms with E-state index < -0.39 is 11.6 Å². The summed E-state index contributed by atoms with van der Waals surface area (Å²) in [6, 6.07) is 10.6. The Morgan fingerprint density at radius 2 is 1.85 bits per heavy atom. The quantitative estimate of drug-likeness (QED) is 0.774. The Labute approximate surface area is 162 Å². The summed E-state index contributed by atoms with van der Waals surface area (Å²) >= 11 is 5.16. The molecule has 0 atom stereocenters. The number of thiocarbonyl (C=S) groups is 1. The van der Waals surface area contributed by atoms with E-state index in [0.717, 1.165) is 43.6 Å². The highest BCUT2D eigenvalue weighted by molar-refractivity contribution is 7.80. The van der Waals surface area contributed by atoms with E-state index in [4.69, 9.17) is 12.2 Å². The molecule has 0 aromatic heterocycles. The molecular formula is C20H21F2N3OS. The maximum Gasteiger partial charge on any atom is 0.253 e. The molecule has 2 aromatic rings. The lowest BCUT2D eigenvalue weighted by Crippen LogP contribution is -2.35. The molecule has 2 N–H and O–H groups in total. The fourth-order valence-electron chi connectivity index (χ4n) is 3.03. The van der Waals surface area contributed by atoms with Gasteiger partial charge in [0.2, 0.25) is 0 Å². The van der Waals surface area contributed by atoms with Crippen LogP contribution < -0.4 is 10.6 Å². The van der Waals surface area contributed by atoms with Crippen LogP contribution in [0.4, 0.5) is 14.5 Å². The van der Waals surface area contributed by atoms with Crippen LogP contribution in [0.3, 0.4) is 0 Å². The van der Waals surface area contributed by atoms with Gasteiger partial charge in [-0.05, 0) is 61.3 Å². The maximum atomic E-state index is 13.7. The number of piperidine rings is 1. The predicted octanol–water partition coefficient (Wildman–Crippen LogP) is 4.08. The number of rotatable bonds is 4. The Morgan fingerprint density at radius 3 is 2.59 bits per heavy atom. The van der Waals surface area contributed by atoms with E-state index in [1.165, 1.54) is 12.5 Å². The van der Waals surface area contributed by atoms with Gasteiger partial charge in [0, 0.05) is 31.3 Å². The van der Waals surface area contributed by atoms with Crippen LogP contribution in [-0.2, 0) is 6.54 Å². The number of amides is 1. The summed E-state index contributed by atoms with van der Waals surface area (Å²) in [5, 5.41) is 5.89. The van der Waals surface area contributed by atoms with Gasteiger partial charge in [-0.2, -0.15) is 0 Å². The topological polar surface area (TPSA) is 44.4 Å². The Bertz CT molecular complexity index is 838. The van der Waals surface area contributed by atoms with Crippen molar-refractivity contribution in [1.82, 2.24) is 10.2 Å². The summed E-state index contributed by atoms with van der Waals surface area (Å²) in [5.74, 6) is -1.31. The normalized spacial score (nSPS) is 13.9. The molecule has 1 amide bonds. The molecule has 0 radical (unpaired) electrons. The van der Waals surface area contributed by atoms with E-state index in [9.17, 15) is 13.6 Å². The Morgan fingerprint density at radius 1 is 1.07 bits per heavy atom. The monoisotopic (exact) mass is 389 g/mol. The highest BCUT2D eigenvalue weighted by atomic mass is 32.1. The zero-order chi connectivity index (χ0) is 19.2. The third-order valence-corrected chi connectivity index (χ3v) is 4.70. The number of nitrogens with one attached hydrogen (secondary N) is 2. The minimum atomic E-state index is -0.715. The van der Waals surface area contributed by atoms with Gasteiger partial charge in [0.15, 0.2) is 5.11 Å². The van der Waals surface area contributed by atoms with Gasteiger partial charge in [-0.1, -0.05) is 12.1 Å². The van der Waals surface area contributed by atoms with Gasteiger partial charge in [0.05, 0.1) is 5.69 Å². The molecule has 1 fully saturated rings. The number of hydrogen-bond acceptors (Lipinski definition) is 2. The molecule has 0 saturated carbocycles. The third-order valence-electron chi connectivity index (χ3n) is 4.45. The molecule has 142 valence electrons. The zero-order valence-electron chi connectivity index (χ0n) is 14.8. The van der Waals surface area contributed by atoms with Crippen LogP contribution >= 0.6 is 12.2 Å². The second-order valence-corrected chi connectivity index (χ2v) is 6.89. The average Bonchev–Trinajstić information content (AvgIpc) is 2.69. The first kappa shape index (κ1) is 19.2. The van der Waals surface area contributed by atoms with Crippen molar-refractivity contribution in [2.75, 3.05) is 18.4 Å². The summed E-state index contributed by atoms with van der Waals surface area (Å²) in [6.07, 6.45) is 3.27. The minimum Gasteiger partial charge on any atom is -0.358 e. The zero-order valence-corrected chi connectivity index (χ0v) is 15.6. The number of anilines is 1. The molecule has 1 aliphatic rings. The molecular weight excluding hydrogens is 368 g/mol. The molecule has 0 unspecified atom stereocenters. The van der Waals surface area contributed by atoms with Crippen molar-refractivity contribution in [2.24, 2.45) is 0 Å². The summed E-state index contributed by atoms with van der Waals surface area (Å²) in [7, 11) is 0. The number of halogens is 2. The summed E-state index contributed by atoms with van der Waals surface area (Å²) in [4.78, 5) is 14.5. The Hall–Kier alpha value is -2.54. The molecule has 1 aliphatic heterocycles. The number of carbonyl (C=O) groups is 1. The van der Waals surface area contributed by atoms with Crippen LogP contribution in [-0.4, -0.2) is 29.0 Å². The van der Waals surface area contributed by atoms with Crippen LogP contribution in [0.5, 0.6) is 0 Å². The number of nitrogens with zero attached hydrogens (tertiary/aromatic N) is 1. The van der Waals surface area contributed by atoms with Gasteiger partial charge >= 0.3 is 0 Å². The van der Waals surface area contributed by atoms with E-state index in [1.807, 2.05) is 29.2 Å². The molecule has 1 saturated heterocycles. The molecule has 3 rings (SSSR count). The van der Waals surface area contributed by atoms with Crippen LogP contribution in [0.15, 0.2) is 42.5 Å². The molecule has 2 aromatic carbocycles. The highest BCUT2D eigenvalue weighted by Crippen LogP contribution is 2.16. The summed E-state index contributed by atoms with van der Waals surface area (Å²) < 4.78 is 26.6. The number of carbonyl (C=O) groups excluding carboxylic acids is 1. The number of hydrogen-bond donors (Lipinski definition) is 2. The first-order valence-electron chi connectivity index (χ1n) is 8.91. The molecule has 0 spiro atoms. The fourth-order valence-corrected chi connectivity index (χ4v) is 3.22. The first-order chi connectivity index (χ1) is 13.0. The van der Waals surface area contributed by atoms with Crippen molar-refractivity contribution in [1.29, 1.82) is 0 Å². The van der Waals surface area contributed by atoms with Gasteiger partial charge in [-0.25, -0.2) is 8.78 Å². The maximum absolute atomic E-state index is 13.7. The molecule has 7 heteroatoms. The fraction of sp³-hybridized carbons (Fsp3) is 0.300. The number of likely N-dealkylation sites (tertiary alicyclic amines) is 1. The molecule has 4 nitrogen and oxygen atoms in total. The van der Waals surface area contributed by atoms with E-state index in [-0.39, 0.29) is 16.7 Å². The van der Waals surface area contributed by atoms with Crippen LogP contribution in [0.25, 0.3) is 0 Å². The van der Waals surface area contributed by atoms with Gasteiger partial charge in [0.25, 0.3) is 5.91 Å². The van der Waals surface area contributed by atoms with Gasteiger partial charge in [-0.15, -0.1) is 0 Å². The van der Waals surface area contributed by atoms with Crippen molar-refractivity contribution >= 4 is 28.9 Å². The van der Waals surface area contributed by atoms with E-state index >= 15 is 0 Å². The lowest BCUT2D eigenvalue weighted by atomic mass is 10.1. The number of benzene rings is 2. The standard InChI is InChI=1S/C20H21F2N3OS/c21-16-7-8-18(17(22)12-16)24-20(27)23-13-14-5-4-6-15(11-14)19(26)25-9-2-1-3-10-25/h4-8,11-12H,1-3,9-10,13H2,(H2,23,24,27). The Kier molecular flexibility index (Phi) is 6.34. The van der Waals surface area contributed by atoms with Crippen LogP contribution in [0.2, 0.25) is 0 Å². The lowest BCUT2D eigenvalue weighted by Gasteiger charge is -2.26.